The third-order valence-electron chi connectivity index (χ3n) is 3.30. The number of nitrogens with two attached hydrogens (primary N) is 1. The molecule has 3 nitrogen and oxygen atoms in total. The van der Waals surface area contributed by atoms with Crippen LogP contribution in [0.5, 0.6) is 0 Å². The van der Waals surface area contributed by atoms with E-state index in [0.717, 1.165) is 31.1 Å². The molecular weight excluding hydrogens is 262 g/mol. The molecule has 0 spiro atoms. The minimum atomic E-state index is -0.116. The van der Waals surface area contributed by atoms with Gasteiger partial charge in [0.05, 0.1) is 6.10 Å². The maximum atomic E-state index is 10.5. The van der Waals surface area contributed by atoms with E-state index in [9.17, 15) is 4.79 Å². The summed E-state index contributed by atoms with van der Waals surface area (Å²) >= 11 is 0. The first-order valence-corrected chi connectivity index (χ1v) is 7.68. The van der Waals surface area contributed by atoms with Crippen LogP contribution < -0.4 is 5.73 Å². The zero-order chi connectivity index (χ0) is 16.5. The maximum absolute atomic E-state index is 10.5. The minimum absolute atomic E-state index is 0.0694. The standard InChI is InChI=1S/C14H21NO.C4H10O/c1-14(2,3)9-8-13(15)12-6-4-11(10-16)5-7-12;1-3-4(2)5/h4-7,10,13H,8-9,15H2,1-3H3;4-5H,3H2,1-2H3. The first-order chi connectivity index (χ1) is 9.69. The van der Waals surface area contributed by atoms with Crippen molar-refractivity contribution < 1.29 is 9.90 Å². The number of rotatable bonds is 5. The predicted molar refractivity (Wildman–Crippen MR) is 89.4 cm³/mol. The third kappa shape index (κ3) is 10.2. The van der Waals surface area contributed by atoms with Gasteiger partial charge in [-0.3, -0.25) is 4.79 Å². The van der Waals surface area contributed by atoms with E-state index in [1.54, 1.807) is 6.92 Å². The lowest BCUT2D eigenvalue weighted by atomic mass is 9.87. The van der Waals surface area contributed by atoms with Crippen LogP contribution in [0.2, 0.25) is 0 Å². The fourth-order valence-electron chi connectivity index (χ4n) is 1.58. The van der Waals surface area contributed by atoms with Gasteiger partial charge in [0.2, 0.25) is 0 Å². The van der Waals surface area contributed by atoms with Gasteiger partial charge in [0, 0.05) is 11.6 Å². The molecule has 1 rings (SSSR count). The summed E-state index contributed by atoms with van der Waals surface area (Å²) in [5.41, 5.74) is 8.23. The summed E-state index contributed by atoms with van der Waals surface area (Å²) in [6, 6.07) is 7.59. The highest BCUT2D eigenvalue weighted by Crippen LogP contribution is 2.26. The SMILES string of the molecule is CC(C)(C)CCC(N)c1ccc(C=O)cc1.CCC(C)O. The number of benzene rings is 1. The van der Waals surface area contributed by atoms with Crippen LogP contribution in [0.3, 0.4) is 0 Å². The summed E-state index contributed by atoms with van der Waals surface area (Å²) in [5, 5.41) is 8.36. The van der Waals surface area contributed by atoms with Crippen LogP contribution in [0.4, 0.5) is 0 Å². The molecule has 2 unspecified atom stereocenters. The molecule has 0 saturated carbocycles. The maximum Gasteiger partial charge on any atom is 0.150 e. The van der Waals surface area contributed by atoms with E-state index in [1.807, 2.05) is 31.2 Å². The molecule has 0 bridgehead atoms. The summed E-state index contributed by atoms with van der Waals surface area (Å²) in [6.07, 6.45) is 3.67. The van der Waals surface area contributed by atoms with Crippen molar-refractivity contribution in [2.45, 2.75) is 66.0 Å². The monoisotopic (exact) mass is 293 g/mol. The van der Waals surface area contributed by atoms with Crippen LogP contribution in [-0.2, 0) is 0 Å². The second-order valence-electron chi connectivity index (χ2n) is 6.75. The Hall–Kier alpha value is -1.19. The van der Waals surface area contributed by atoms with Crippen molar-refractivity contribution in [1.29, 1.82) is 0 Å². The Kier molecular flexibility index (Phi) is 9.14. The highest BCUT2D eigenvalue weighted by Gasteiger charge is 2.13. The van der Waals surface area contributed by atoms with Gasteiger partial charge < -0.3 is 10.8 Å². The lowest BCUT2D eigenvalue weighted by Gasteiger charge is -2.21. The molecule has 0 fully saturated rings. The summed E-state index contributed by atoms with van der Waals surface area (Å²) in [7, 11) is 0. The van der Waals surface area contributed by atoms with Gasteiger partial charge in [-0.15, -0.1) is 0 Å². The highest BCUT2D eigenvalue weighted by atomic mass is 16.3. The van der Waals surface area contributed by atoms with Gasteiger partial charge in [-0.1, -0.05) is 52.0 Å². The van der Waals surface area contributed by atoms with Crippen molar-refractivity contribution in [3.8, 4) is 0 Å². The zero-order valence-electron chi connectivity index (χ0n) is 14.1. The molecule has 0 radical (unpaired) electrons. The molecule has 0 aliphatic carbocycles. The Bertz CT molecular complexity index is 391. The molecule has 120 valence electrons. The molecule has 0 saturated heterocycles. The molecule has 0 aliphatic heterocycles. The number of aliphatic hydroxyl groups excluding tert-OH is 1. The molecular formula is C18H31NO2. The number of hydrogen-bond acceptors (Lipinski definition) is 3. The molecule has 21 heavy (non-hydrogen) atoms. The number of aliphatic hydroxyl groups is 1. The van der Waals surface area contributed by atoms with E-state index in [1.165, 1.54) is 0 Å². The van der Waals surface area contributed by atoms with Crippen molar-refractivity contribution in [2.24, 2.45) is 11.1 Å². The van der Waals surface area contributed by atoms with Crippen LogP contribution >= 0.6 is 0 Å². The smallest absolute Gasteiger partial charge is 0.150 e. The Labute approximate surface area is 129 Å². The zero-order valence-corrected chi connectivity index (χ0v) is 14.1. The molecule has 0 aliphatic rings. The molecule has 1 aromatic carbocycles. The second kappa shape index (κ2) is 9.69. The van der Waals surface area contributed by atoms with E-state index < -0.39 is 0 Å². The van der Waals surface area contributed by atoms with Gasteiger partial charge >= 0.3 is 0 Å². The first kappa shape index (κ1) is 19.8. The molecule has 0 amide bonds. The van der Waals surface area contributed by atoms with Crippen LogP contribution in [0.15, 0.2) is 24.3 Å². The van der Waals surface area contributed by atoms with Crippen molar-refractivity contribution in [1.82, 2.24) is 0 Å². The first-order valence-electron chi connectivity index (χ1n) is 7.68. The molecule has 3 N–H and O–H groups in total. The Morgan fingerprint density at radius 3 is 2.05 bits per heavy atom. The average Bonchev–Trinajstić information content (AvgIpc) is 2.44. The van der Waals surface area contributed by atoms with Crippen molar-refractivity contribution in [3.63, 3.8) is 0 Å². The summed E-state index contributed by atoms with van der Waals surface area (Å²) in [4.78, 5) is 10.5. The highest BCUT2D eigenvalue weighted by molar-refractivity contribution is 5.74. The van der Waals surface area contributed by atoms with Crippen LogP contribution in [-0.4, -0.2) is 17.5 Å². The van der Waals surface area contributed by atoms with E-state index >= 15 is 0 Å². The summed E-state index contributed by atoms with van der Waals surface area (Å²) in [5.74, 6) is 0. The molecule has 0 aromatic heterocycles. The van der Waals surface area contributed by atoms with Gasteiger partial charge in [-0.2, -0.15) is 0 Å². The topological polar surface area (TPSA) is 63.3 Å². The van der Waals surface area contributed by atoms with Gasteiger partial charge in [-0.05, 0) is 37.2 Å². The minimum Gasteiger partial charge on any atom is -0.393 e. The van der Waals surface area contributed by atoms with Crippen molar-refractivity contribution >= 4 is 6.29 Å². The van der Waals surface area contributed by atoms with E-state index in [4.69, 9.17) is 10.8 Å². The quantitative estimate of drug-likeness (QED) is 0.803. The number of hydrogen-bond donors (Lipinski definition) is 2. The normalized spacial score (nSPS) is 13.9. The lowest BCUT2D eigenvalue weighted by Crippen LogP contribution is -2.14. The number of aldehydes is 1. The van der Waals surface area contributed by atoms with Gasteiger partial charge in [0.25, 0.3) is 0 Å². The summed E-state index contributed by atoms with van der Waals surface area (Å²) < 4.78 is 0. The lowest BCUT2D eigenvalue weighted by molar-refractivity contribution is 0.112. The second-order valence-corrected chi connectivity index (χ2v) is 6.75. The van der Waals surface area contributed by atoms with Gasteiger partial charge in [0.1, 0.15) is 6.29 Å². The van der Waals surface area contributed by atoms with Gasteiger partial charge in [0.15, 0.2) is 0 Å². The number of carbonyl (C=O) groups is 1. The van der Waals surface area contributed by atoms with Gasteiger partial charge in [-0.25, -0.2) is 0 Å². The average molecular weight is 293 g/mol. The van der Waals surface area contributed by atoms with E-state index in [2.05, 4.69) is 20.8 Å². The van der Waals surface area contributed by atoms with E-state index in [-0.39, 0.29) is 12.1 Å². The molecule has 3 heteroatoms. The predicted octanol–water partition coefficient (Wildman–Crippen LogP) is 4.10. The molecule has 2 atom stereocenters. The fraction of sp³-hybridized carbons (Fsp3) is 0.611. The summed E-state index contributed by atoms with van der Waals surface area (Å²) in [6.45, 7) is 10.4. The Balaban J connectivity index is 0.000000690. The molecule has 0 heterocycles. The fourth-order valence-corrected chi connectivity index (χ4v) is 1.58. The van der Waals surface area contributed by atoms with E-state index in [0.29, 0.717) is 11.0 Å². The number of carbonyl (C=O) groups excluding carboxylic acids is 1. The largest absolute Gasteiger partial charge is 0.393 e. The third-order valence-corrected chi connectivity index (χ3v) is 3.30. The Morgan fingerprint density at radius 1 is 1.24 bits per heavy atom. The van der Waals surface area contributed by atoms with Crippen LogP contribution in [0.1, 0.15) is 75.8 Å². The van der Waals surface area contributed by atoms with Crippen LogP contribution in [0.25, 0.3) is 0 Å². The van der Waals surface area contributed by atoms with Crippen LogP contribution in [0, 0.1) is 5.41 Å². The Morgan fingerprint density at radius 2 is 1.71 bits per heavy atom. The molecule has 1 aromatic rings. The van der Waals surface area contributed by atoms with Crippen molar-refractivity contribution in [3.05, 3.63) is 35.4 Å². The van der Waals surface area contributed by atoms with Crippen molar-refractivity contribution in [2.75, 3.05) is 0 Å².